The van der Waals surface area contributed by atoms with E-state index in [1.807, 2.05) is 38.1 Å². The molecule has 1 amide bonds. The first-order chi connectivity index (χ1) is 9.51. The van der Waals surface area contributed by atoms with Crippen LogP contribution in [0.5, 0.6) is 0 Å². The number of para-hydroxylation sites is 1. The maximum Gasteiger partial charge on any atom is 0.237 e. The van der Waals surface area contributed by atoms with Gasteiger partial charge in [-0.2, -0.15) is 0 Å². The lowest BCUT2D eigenvalue weighted by Crippen LogP contribution is -2.45. The van der Waals surface area contributed by atoms with Crippen molar-refractivity contribution in [3.63, 3.8) is 0 Å². The highest BCUT2D eigenvalue weighted by molar-refractivity contribution is 7.80. The quantitative estimate of drug-likeness (QED) is 0.754. The molecule has 110 valence electrons. The molecule has 0 heterocycles. The van der Waals surface area contributed by atoms with E-state index in [0.717, 1.165) is 24.1 Å². The third-order valence-corrected chi connectivity index (χ3v) is 4.29. The highest BCUT2D eigenvalue weighted by Gasteiger charge is 2.38. The van der Waals surface area contributed by atoms with Crippen molar-refractivity contribution in [1.82, 2.24) is 0 Å². The zero-order chi connectivity index (χ0) is 15.2. The zero-order valence-corrected chi connectivity index (χ0v) is 13.3. The Balaban J connectivity index is 3.03. The number of aryl methyl sites for hydroxylation is 1. The number of rotatable bonds is 7. The number of hydrogen-bond donors (Lipinski definition) is 2. The maximum atomic E-state index is 12.6. The average molecular weight is 292 g/mol. The van der Waals surface area contributed by atoms with Crippen LogP contribution in [0.25, 0.3) is 0 Å². The van der Waals surface area contributed by atoms with Crippen LogP contribution in [0.1, 0.15) is 45.6 Å². The van der Waals surface area contributed by atoms with E-state index in [-0.39, 0.29) is 10.9 Å². The Hall–Kier alpha value is -1.42. The minimum Gasteiger partial charge on any atom is -0.392 e. The van der Waals surface area contributed by atoms with E-state index in [1.54, 1.807) is 0 Å². The van der Waals surface area contributed by atoms with Gasteiger partial charge in [-0.25, -0.2) is 0 Å². The summed E-state index contributed by atoms with van der Waals surface area (Å²) in [7, 11) is 0. The van der Waals surface area contributed by atoms with Crippen LogP contribution in [0, 0.1) is 5.41 Å². The maximum absolute atomic E-state index is 12.6. The van der Waals surface area contributed by atoms with Crippen LogP contribution in [0.4, 0.5) is 5.69 Å². The monoisotopic (exact) mass is 292 g/mol. The number of amides is 1. The predicted molar refractivity (Wildman–Crippen MR) is 88.9 cm³/mol. The topological polar surface area (TPSA) is 55.1 Å². The lowest BCUT2D eigenvalue weighted by atomic mass is 9.81. The Morgan fingerprint density at radius 1 is 1.25 bits per heavy atom. The van der Waals surface area contributed by atoms with Crippen LogP contribution in [0.15, 0.2) is 24.3 Å². The number of benzene rings is 1. The standard InChI is InChI=1S/C16H24N2OS/c1-4-9-12-10-7-8-11-13(12)18-15(19)16(5-2,6-3)14(17)20/h7-8,10-11H,4-6,9H2,1-3H3,(H2,17,20)(H,18,19). The summed E-state index contributed by atoms with van der Waals surface area (Å²) < 4.78 is 0. The Bertz CT molecular complexity index is 481. The summed E-state index contributed by atoms with van der Waals surface area (Å²) in [4.78, 5) is 12.9. The van der Waals surface area contributed by atoms with Gasteiger partial charge >= 0.3 is 0 Å². The highest BCUT2D eigenvalue weighted by Crippen LogP contribution is 2.29. The molecule has 0 aliphatic rings. The molecule has 0 spiro atoms. The van der Waals surface area contributed by atoms with Gasteiger partial charge in [0.25, 0.3) is 0 Å². The molecule has 0 fully saturated rings. The van der Waals surface area contributed by atoms with Gasteiger partial charge < -0.3 is 11.1 Å². The average Bonchev–Trinajstić information content (AvgIpc) is 2.43. The first kappa shape index (κ1) is 16.6. The molecular weight excluding hydrogens is 268 g/mol. The van der Waals surface area contributed by atoms with E-state index < -0.39 is 5.41 Å². The van der Waals surface area contributed by atoms with Gasteiger partial charge in [0.2, 0.25) is 5.91 Å². The van der Waals surface area contributed by atoms with Crippen molar-refractivity contribution in [2.45, 2.75) is 46.5 Å². The summed E-state index contributed by atoms with van der Waals surface area (Å²) in [6, 6.07) is 7.88. The molecule has 0 saturated heterocycles. The molecule has 0 unspecified atom stereocenters. The Labute approximate surface area is 126 Å². The molecular formula is C16H24N2OS. The third-order valence-electron chi connectivity index (χ3n) is 3.90. The lowest BCUT2D eigenvalue weighted by Gasteiger charge is -2.29. The molecule has 1 aromatic rings. The zero-order valence-electron chi connectivity index (χ0n) is 12.5. The second-order valence-electron chi connectivity index (χ2n) is 5.01. The highest BCUT2D eigenvalue weighted by atomic mass is 32.1. The van der Waals surface area contributed by atoms with Crippen molar-refractivity contribution in [2.75, 3.05) is 5.32 Å². The van der Waals surface area contributed by atoms with Crippen molar-refractivity contribution in [3.05, 3.63) is 29.8 Å². The molecule has 0 saturated carbocycles. The smallest absolute Gasteiger partial charge is 0.237 e. The molecule has 0 aliphatic carbocycles. The van der Waals surface area contributed by atoms with Gasteiger partial charge in [-0.1, -0.05) is 57.6 Å². The minimum absolute atomic E-state index is 0.0986. The summed E-state index contributed by atoms with van der Waals surface area (Å²) in [6.45, 7) is 6.01. The number of nitrogens with two attached hydrogens (primary N) is 1. The van der Waals surface area contributed by atoms with Crippen molar-refractivity contribution in [3.8, 4) is 0 Å². The molecule has 4 heteroatoms. The fourth-order valence-corrected chi connectivity index (χ4v) is 2.78. The Morgan fingerprint density at radius 2 is 1.85 bits per heavy atom. The number of carbonyl (C=O) groups is 1. The van der Waals surface area contributed by atoms with Crippen LogP contribution in [-0.4, -0.2) is 10.9 Å². The van der Waals surface area contributed by atoms with Gasteiger partial charge in [-0.15, -0.1) is 0 Å². The molecule has 0 atom stereocenters. The van der Waals surface area contributed by atoms with Gasteiger partial charge in [0.1, 0.15) is 0 Å². The number of carbonyl (C=O) groups excluding carboxylic acids is 1. The van der Waals surface area contributed by atoms with Gasteiger partial charge in [-0.3, -0.25) is 4.79 Å². The molecule has 1 rings (SSSR count). The van der Waals surface area contributed by atoms with Crippen LogP contribution in [-0.2, 0) is 11.2 Å². The normalized spacial score (nSPS) is 11.2. The SMILES string of the molecule is CCCc1ccccc1NC(=O)C(CC)(CC)C(N)=S. The largest absolute Gasteiger partial charge is 0.392 e. The summed E-state index contributed by atoms with van der Waals surface area (Å²) in [5.74, 6) is -0.0986. The second kappa shape index (κ2) is 7.39. The van der Waals surface area contributed by atoms with Crippen LogP contribution in [0.2, 0.25) is 0 Å². The molecule has 3 nitrogen and oxygen atoms in total. The fraction of sp³-hybridized carbons (Fsp3) is 0.500. The van der Waals surface area contributed by atoms with E-state index in [2.05, 4.69) is 12.2 Å². The van der Waals surface area contributed by atoms with Crippen LogP contribution < -0.4 is 11.1 Å². The van der Waals surface area contributed by atoms with E-state index in [1.165, 1.54) is 0 Å². The molecule has 3 N–H and O–H groups in total. The van der Waals surface area contributed by atoms with Gasteiger partial charge in [0.15, 0.2) is 0 Å². The van der Waals surface area contributed by atoms with E-state index in [0.29, 0.717) is 12.8 Å². The van der Waals surface area contributed by atoms with Crippen molar-refractivity contribution >= 4 is 28.8 Å². The summed E-state index contributed by atoms with van der Waals surface area (Å²) in [5, 5.41) is 3.01. The molecule has 0 bridgehead atoms. The first-order valence-corrected chi connectivity index (χ1v) is 7.61. The van der Waals surface area contributed by atoms with Crippen molar-refractivity contribution in [2.24, 2.45) is 11.1 Å². The molecule has 1 aromatic carbocycles. The fourth-order valence-electron chi connectivity index (χ4n) is 2.40. The Kier molecular flexibility index (Phi) is 6.14. The third kappa shape index (κ3) is 3.37. The first-order valence-electron chi connectivity index (χ1n) is 7.21. The predicted octanol–water partition coefficient (Wildman–Crippen LogP) is 3.67. The lowest BCUT2D eigenvalue weighted by molar-refractivity contribution is -0.122. The van der Waals surface area contributed by atoms with E-state index >= 15 is 0 Å². The van der Waals surface area contributed by atoms with Crippen LogP contribution in [0.3, 0.4) is 0 Å². The van der Waals surface area contributed by atoms with Crippen molar-refractivity contribution in [1.29, 1.82) is 0 Å². The minimum atomic E-state index is -0.755. The summed E-state index contributed by atoms with van der Waals surface area (Å²) in [5.41, 5.74) is 7.07. The summed E-state index contributed by atoms with van der Waals surface area (Å²) >= 11 is 5.12. The molecule has 20 heavy (non-hydrogen) atoms. The molecule has 0 aromatic heterocycles. The Morgan fingerprint density at radius 3 is 2.35 bits per heavy atom. The van der Waals surface area contributed by atoms with E-state index in [4.69, 9.17) is 18.0 Å². The van der Waals surface area contributed by atoms with Gasteiger partial charge in [-0.05, 0) is 30.9 Å². The summed E-state index contributed by atoms with van der Waals surface area (Å²) in [6.07, 6.45) is 3.20. The molecule has 0 radical (unpaired) electrons. The number of thiocarbonyl (C=S) groups is 1. The van der Waals surface area contributed by atoms with Crippen LogP contribution >= 0.6 is 12.2 Å². The number of anilines is 1. The number of hydrogen-bond acceptors (Lipinski definition) is 2. The van der Waals surface area contributed by atoms with Gasteiger partial charge in [0, 0.05) is 5.69 Å². The van der Waals surface area contributed by atoms with Gasteiger partial charge in [0.05, 0.1) is 10.4 Å². The number of nitrogens with one attached hydrogen (secondary N) is 1. The van der Waals surface area contributed by atoms with E-state index in [9.17, 15) is 4.79 Å². The van der Waals surface area contributed by atoms with Crippen molar-refractivity contribution < 1.29 is 4.79 Å². The molecule has 0 aliphatic heterocycles. The second-order valence-corrected chi connectivity index (χ2v) is 5.45.